The van der Waals surface area contributed by atoms with Crippen LogP contribution in [0.3, 0.4) is 0 Å². The number of nitrogens with two attached hydrogens (primary N) is 1. The molecule has 2 aromatic rings. The first-order valence-corrected chi connectivity index (χ1v) is 5.06. The van der Waals surface area contributed by atoms with Gasteiger partial charge >= 0.3 is 5.97 Å². The molecule has 18 heavy (non-hydrogen) atoms. The van der Waals surface area contributed by atoms with Crippen molar-refractivity contribution in [3.63, 3.8) is 0 Å². The molecule has 0 fully saturated rings. The number of primary amides is 1. The molecule has 0 atom stereocenters. The number of carbonyl (C=O) groups excluding carboxylic acids is 1. The molecule has 0 aliphatic carbocycles. The highest BCUT2D eigenvalue weighted by Crippen LogP contribution is 2.10. The zero-order valence-electron chi connectivity index (χ0n) is 9.49. The quantitative estimate of drug-likeness (QED) is 0.812. The monoisotopic (exact) mass is 246 g/mol. The Morgan fingerprint density at radius 1 is 1.33 bits per heavy atom. The van der Waals surface area contributed by atoms with E-state index in [-0.39, 0.29) is 11.3 Å². The lowest BCUT2D eigenvalue weighted by atomic mass is 10.2. The Labute approximate surface area is 102 Å². The number of aromatic nitrogens is 3. The molecular weight excluding hydrogens is 236 g/mol. The number of pyridine rings is 1. The normalized spacial score (nSPS) is 10.3. The standard InChI is InChI=1S/C11H10N4O3/c1-6-7(11(17)18)2-3-9(13-6)15-5-4-8(14-15)10(12)16/h2-5H,1H3,(H2,12,16)(H,17,18). The summed E-state index contributed by atoms with van der Waals surface area (Å²) in [4.78, 5) is 25.8. The Morgan fingerprint density at radius 2 is 2.06 bits per heavy atom. The van der Waals surface area contributed by atoms with Gasteiger partial charge in [0, 0.05) is 6.20 Å². The topological polar surface area (TPSA) is 111 Å². The molecule has 1 amide bonds. The zero-order valence-corrected chi connectivity index (χ0v) is 9.49. The minimum Gasteiger partial charge on any atom is -0.478 e. The number of hydrogen-bond acceptors (Lipinski definition) is 4. The van der Waals surface area contributed by atoms with Crippen molar-refractivity contribution in [3.8, 4) is 5.82 Å². The Hall–Kier alpha value is -2.70. The predicted molar refractivity (Wildman–Crippen MR) is 61.6 cm³/mol. The molecule has 0 radical (unpaired) electrons. The van der Waals surface area contributed by atoms with Gasteiger partial charge in [0.05, 0.1) is 11.3 Å². The maximum atomic E-state index is 10.9. The van der Waals surface area contributed by atoms with Gasteiger partial charge in [0.25, 0.3) is 5.91 Å². The highest BCUT2D eigenvalue weighted by Gasteiger charge is 2.11. The van der Waals surface area contributed by atoms with E-state index >= 15 is 0 Å². The van der Waals surface area contributed by atoms with Gasteiger partial charge in [-0.05, 0) is 25.1 Å². The first-order chi connectivity index (χ1) is 8.49. The average molecular weight is 246 g/mol. The molecule has 2 aromatic heterocycles. The number of carboxylic acid groups (broad SMARTS) is 1. The maximum Gasteiger partial charge on any atom is 0.337 e. The van der Waals surface area contributed by atoms with Crippen molar-refractivity contribution < 1.29 is 14.7 Å². The summed E-state index contributed by atoms with van der Waals surface area (Å²) in [5.74, 6) is -1.25. The predicted octanol–water partition coefficient (Wildman–Crippen LogP) is 0.373. The molecule has 0 aliphatic heterocycles. The number of carbonyl (C=O) groups is 2. The summed E-state index contributed by atoms with van der Waals surface area (Å²) in [6.07, 6.45) is 1.53. The molecule has 0 unspecified atom stereocenters. The van der Waals surface area contributed by atoms with Gasteiger partial charge in [-0.15, -0.1) is 0 Å². The lowest BCUT2D eigenvalue weighted by Crippen LogP contribution is -2.12. The number of aryl methyl sites for hydroxylation is 1. The summed E-state index contributed by atoms with van der Waals surface area (Å²) in [6.45, 7) is 1.59. The lowest BCUT2D eigenvalue weighted by Gasteiger charge is -2.04. The summed E-state index contributed by atoms with van der Waals surface area (Å²) in [5.41, 5.74) is 5.71. The van der Waals surface area contributed by atoms with Gasteiger partial charge in [0.2, 0.25) is 0 Å². The Bertz CT molecular complexity index is 633. The smallest absolute Gasteiger partial charge is 0.337 e. The third kappa shape index (κ3) is 2.05. The number of aromatic carboxylic acids is 1. The average Bonchev–Trinajstić information content (AvgIpc) is 2.77. The summed E-state index contributed by atoms with van der Waals surface area (Å²) >= 11 is 0. The fraction of sp³-hybridized carbons (Fsp3) is 0.0909. The minimum atomic E-state index is -1.04. The summed E-state index contributed by atoms with van der Waals surface area (Å²) in [7, 11) is 0. The van der Waals surface area contributed by atoms with Gasteiger partial charge in [-0.1, -0.05) is 0 Å². The molecule has 7 nitrogen and oxygen atoms in total. The van der Waals surface area contributed by atoms with Gasteiger partial charge in [-0.2, -0.15) is 5.10 Å². The van der Waals surface area contributed by atoms with E-state index in [1.54, 1.807) is 6.92 Å². The second-order valence-corrected chi connectivity index (χ2v) is 3.62. The van der Waals surface area contributed by atoms with Crippen LogP contribution < -0.4 is 5.73 Å². The van der Waals surface area contributed by atoms with Crippen LogP contribution in [0.5, 0.6) is 0 Å². The number of amides is 1. The fourth-order valence-electron chi connectivity index (χ4n) is 1.48. The number of rotatable bonds is 3. The summed E-state index contributed by atoms with van der Waals surface area (Å²) < 4.78 is 1.36. The molecule has 92 valence electrons. The first kappa shape index (κ1) is 11.8. The van der Waals surface area contributed by atoms with Crippen LogP contribution in [0.2, 0.25) is 0 Å². The fourth-order valence-corrected chi connectivity index (χ4v) is 1.48. The van der Waals surface area contributed by atoms with Crippen LogP contribution in [-0.2, 0) is 0 Å². The third-order valence-electron chi connectivity index (χ3n) is 2.38. The van der Waals surface area contributed by atoms with E-state index in [2.05, 4.69) is 10.1 Å². The van der Waals surface area contributed by atoms with Crippen molar-refractivity contribution in [1.82, 2.24) is 14.8 Å². The molecule has 2 rings (SSSR count). The van der Waals surface area contributed by atoms with Crippen molar-refractivity contribution in [3.05, 3.63) is 41.3 Å². The lowest BCUT2D eigenvalue weighted by molar-refractivity contribution is 0.0695. The van der Waals surface area contributed by atoms with E-state index in [0.717, 1.165) is 0 Å². The van der Waals surface area contributed by atoms with Crippen LogP contribution in [-0.4, -0.2) is 31.7 Å². The maximum absolute atomic E-state index is 10.9. The molecule has 0 saturated heterocycles. The van der Waals surface area contributed by atoms with Crippen molar-refractivity contribution in [1.29, 1.82) is 0 Å². The number of carboxylic acids is 1. The van der Waals surface area contributed by atoms with Gasteiger partial charge < -0.3 is 10.8 Å². The molecular formula is C11H10N4O3. The second-order valence-electron chi connectivity index (χ2n) is 3.62. The van der Waals surface area contributed by atoms with Crippen molar-refractivity contribution >= 4 is 11.9 Å². The minimum absolute atomic E-state index is 0.122. The van der Waals surface area contributed by atoms with Crippen molar-refractivity contribution in [2.24, 2.45) is 5.73 Å². The molecule has 3 N–H and O–H groups in total. The number of nitrogens with zero attached hydrogens (tertiary/aromatic N) is 3. The molecule has 0 aromatic carbocycles. The molecule has 0 aliphatic rings. The van der Waals surface area contributed by atoms with Crippen LogP contribution in [0.1, 0.15) is 26.5 Å². The molecule has 2 heterocycles. The summed E-state index contributed by atoms with van der Waals surface area (Å²) in [6, 6.07) is 4.41. The van der Waals surface area contributed by atoms with Crippen LogP contribution in [0.4, 0.5) is 0 Å². The summed E-state index contributed by atoms with van der Waals surface area (Å²) in [5, 5.41) is 12.8. The van der Waals surface area contributed by atoms with Crippen LogP contribution in [0, 0.1) is 6.92 Å². The van der Waals surface area contributed by atoms with E-state index in [1.807, 2.05) is 0 Å². The highest BCUT2D eigenvalue weighted by atomic mass is 16.4. The highest BCUT2D eigenvalue weighted by molar-refractivity contribution is 5.90. The first-order valence-electron chi connectivity index (χ1n) is 5.06. The van der Waals surface area contributed by atoms with Crippen LogP contribution in [0.15, 0.2) is 24.4 Å². The van der Waals surface area contributed by atoms with Gasteiger partial charge in [-0.3, -0.25) is 4.79 Å². The SMILES string of the molecule is Cc1nc(-n2ccc(C(N)=O)n2)ccc1C(=O)O. The Kier molecular flexibility index (Phi) is 2.80. The Morgan fingerprint density at radius 3 is 2.56 bits per heavy atom. The van der Waals surface area contributed by atoms with E-state index in [9.17, 15) is 9.59 Å². The van der Waals surface area contributed by atoms with E-state index in [4.69, 9.17) is 10.8 Å². The van der Waals surface area contributed by atoms with Crippen LogP contribution in [0.25, 0.3) is 5.82 Å². The zero-order chi connectivity index (χ0) is 13.3. The van der Waals surface area contributed by atoms with Gasteiger partial charge in [0.15, 0.2) is 5.82 Å². The van der Waals surface area contributed by atoms with E-state index in [1.165, 1.54) is 29.1 Å². The second kappa shape index (κ2) is 4.28. The van der Waals surface area contributed by atoms with Gasteiger partial charge in [0.1, 0.15) is 5.69 Å². The van der Waals surface area contributed by atoms with Crippen molar-refractivity contribution in [2.45, 2.75) is 6.92 Å². The van der Waals surface area contributed by atoms with Crippen LogP contribution >= 0.6 is 0 Å². The largest absolute Gasteiger partial charge is 0.478 e. The molecule has 0 saturated carbocycles. The molecule has 0 bridgehead atoms. The Balaban J connectivity index is 2.42. The van der Waals surface area contributed by atoms with Gasteiger partial charge in [-0.25, -0.2) is 14.5 Å². The molecule has 7 heteroatoms. The van der Waals surface area contributed by atoms with E-state index < -0.39 is 11.9 Å². The van der Waals surface area contributed by atoms with Crippen molar-refractivity contribution in [2.75, 3.05) is 0 Å². The van der Waals surface area contributed by atoms with E-state index in [0.29, 0.717) is 11.5 Å². The number of hydrogen-bond donors (Lipinski definition) is 2. The third-order valence-corrected chi connectivity index (χ3v) is 2.38. The molecule has 0 spiro atoms.